The van der Waals surface area contributed by atoms with Crippen molar-refractivity contribution in [2.75, 3.05) is 6.54 Å². The van der Waals surface area contributed by atoms with Crippen LogP contribution >= 0.6 is 0 Å². The zero-order chi connectivity index (χ0) is 15.4. The van der Waals surface area contributed by atoms with Gasteiger partial charge in [0.2, 0.25) is 10.0 Å². The first-order valence-corrected chi connectivity index (χ1v) is 7.44. The molecule has 0 unspecified atom stereocenters. The highest BCUT2D eigenvalue weighted by Gasteiger charge is 2.33. The number of hydrogen-bond acceptors (Lipinski definition) is 3. The highest BCUT2D eigenvalue weighted by atomic mass is 32.2. The number of halogens is 3. The molecule has 0 aliphatic rings. The zero-order valence-electron chi connectivity index (χ0n) is 11.1. The summed E-state index contributed by atoms with van der Waals surface area (Å²) in [5.41, 5.74) is 0. The van der Waals surface area contributed by atoms with Gasteiger partial charge in [-0.3, -0.25) is 0 Å². The molecule has 20 heavy (non-hydrogen) atoms. The van der Waals surface area contributed by atoms with Crippen LogP contribution in [0.25, 0.3) is 0 Å². The van der Waals surface area contributed by atoms with E-state index in [2.05, 4.69) is 9.46 Å². The summed E-state index contributed by atoms with van der Waals surface area (Å²) in [5.74, 6) is -0.462. The lowest BCUT2D eigenvalue weighted by atomic mass is 10.1. The zero-order valence-corrected chi connectivity index (χ0v) is 11.9. The molecule has 0 bridgehead atoms. The molecule has 1 rings (SSSR count). The molecule has 0 radical (unpaired) electrons. The number of sulfonamides is 1. The van der Waals surface area contributed by atoms with Crippen LogP contribution in [0.1, 0.15) is 20.3 Å². The van der Waals surface area contributed by atoms with Gasteiger partial charge in [-0.05, 0) is 24.5 Å². The minimum atomic E-state index is -4.94. The van der Waals surface area contributed by atoms with Crippen LogP contribution in [0.5, 0.6) is 5.75 Å². The molecule has 0 saturated carbocycles. The van der Waals surface area contributed by atoms with Gasteiger partial charge in [0.25, 0.3) is 0 Å². The molecule has 4 nitrogen and oxygen atoms in total. The largest absolute Gasteiger partial charge is 0.573 e. The number of rotatable bonds is 6. The van der Waals surface area contributed by atoms with Crippen LogP contribution in [0.4, 0.5) is 13.2 Å². The summed E-state index contributed by atoms with van der Waals surface area (Å²) in [4.78, 5) is -0.527. The van der Waals surface area contributed by atoms with Crippen molar-refractivity contribution in [2.24, 2.45) is 5.92 Å². The van der Waals surface area contributed by atoms with Gasteiger partial charge < -0.3 is 4.74 Å². The Hall–Kier alpha value is -1.28. The van der Waals surface area contributed by atoms with Crippen molar-refractivity contribution in [3.8, 4) is 5.75 Å². The minimum Gasteiger partial charge on any atom is -0.404 e. The Labute approximate surface area is 116 Å². The summed E-state index contributed by atoms with van der Waals surface area (Å²) >= 11 is 0. The van der Waals surface area contributed by atoms with Gasteiger partial charge in [-0.25, -0.2) is 13.1 Å². The molecule has 8 heteroatoms. The molecular weight excluding hydrogens is 295 g/mol. The van der Waals surface area contributed by atoms with Gasteiger partial charge in [0.05, 0.1) is 0 Å². The molecule has 0 amide bonds. The van der Waals surface area contributed by atoms with Crippen molar-refractivity contribution in [3.05, 3.63) is 24.3 Å². The highest BCUT2D eigenvalue weighted by Crippen LogP contribution is 2.29. The van der Waals surface area contributed by atoms with Crippen LogP contribution in [-0.2, 0) is 10.0 Å². The van der Waals surface area contributed by atoms with Crippen molar-refractivity contribution < 1.29 is 26.3 Å². The van der Waals surface area contributed by atoms with Gasteiger partial charge in [-0.1, -0.05) is 26.0 Å². The summed E-state index contributed by atoms with van der Waals surface area (Å²) in [6.45, 7) is 3.98. The number of para-hydroxylation sites is 1. The third-order valence-corrected chi connectivity index (χ3v) is 3.88. The third-order valence-electron chi connectivity index (χ3n) is 2.38. The predicted molar refractivity (Wildman–Crippen MR) is 67.8 cm³/mol. The van der Waals surface area contributed by atoms with E-state index < -0.39 is 27.0 Å². The Balaban J connectivity index is 2.94. The molecule has 0 spiro atoms. The molecule has 1 aromatic rings. The van der Waals surface area contributed by atoms with Gasteiger partial charge in [0, 0.05) is 6.54 Å². The van der Waals surface area contributed by atoms with E-state index in [0.29, 0.717) is 6.42 Å². The van der Waals surface area contributed by atoms with Crippen LogP contribution in [0.15, 0.2) is 29.2 Å². The molecule has 0 aromatic heterocycles. The number of nitrogens with one attached hydrogen (secondary N) is 1. The van der Waals surface area contributed by atoms with Crippen molar-refractivity contribution in [3.63, 3.8) is 0 Å². The summed E-state index contributed by atoms with van der Waals surface area (Å²) in [6.07, 6.45) is -4.36. The van der Waals surface area contributed by atoms with E-state index in [4.69, 9.17) is 0 Å². The fourth-order valence-corrected chi connectivity index (χ4v) is 2.62. The van der Waals surface area contributed by atoms with Gasteiger partial charge in [-0.15, -0.1) is 13.2 Å². The van der Waals surface area contributed by atoms with E-state index >= 15 is 0 Å². The highest BCUT2D eigenvalue weighted by molar-refractivity contribution is 7.89. The summed E-state index contributed by atoms with van der Waals surface area (Å²) < 4.78 is 66.6. The second-order valence-corrected chi connectivity index (χ2v) is 6.31. The Bertz CT molecular complexity index is 541. The standard InChI is InChI=1S/C12H16F3NO3S/c1-9(2)7-8-16-20(17,18)11-6-4-3-5-10(11)19-12(13,14)15/h3-6,9,16H,7-8H2,1-2H3. The summed E-state index contributed by atoms with van der Waals surface area (Å²) in [7, 11) is -4.03. The van der Waals surface area contributed by atoms with Gasteiger partial charge >= 0.3 is 6.36 Å². The predicted octanol–water partition coefficient (Wildman–Crippen LogP) is 2.91. The smallest absolute Gasteiger partial charge is 0.404 e. The average molecular weight is 311 g/mol. The second kappa shape index (κ2) is 6.45. The molecule has 0 aliphatic heterocycles. The first-order chi connectivity index (χ1) is 9.12. The van der Waals surface area contributed by atoms with Crippen molar-refractivity contribution in [1.82, 2.24) is 4.72 Å². The molecule has 0 atom stereocenters. The van der Waals surface area contributed by atoms with Crippen LogP contribution in [-0.4, -0.2) is 21.3 Å². The molecule has 0 heterocycles. The number of benzene rings is 1. The lowest BCUT2D eigenvalue weighted by Crippen LogP contribution is -2.27. The van der Waals surface area contributed by atoms with Crippen molar-refractivity contribution >= 4 is 10.0 Å². The third kappa shape index (κ3) is 5.38. The molecule has 114 valence electrons. The first kappa shape index (κ1) is 16.8. The van der Waals surface area contributed by atoms with Gasteiger partial charge in [0.1, 0.15) is 10.6 Å². The minimum absolute atomic E-state index is 0.153. The number of ether oxygens (including phenoxy) is 1. The SMILES string of the molecule is CC(C)CCNS(=O)(=O)c1ccccc1OC(F)(F)F. The maximum absolute atomic E-state index is 12.2. The Morgan fingerprint density at radius 1 is 1.25 bits per heavy atom. The maximum Gasteiger partial charge on any atom is 0.573 e. The first-order valence-electron chi connectivity index (χ1n) is 5.96. The quantitative estimate of drug-likeness (QED) is 0.879. The van der Waals surface area contributed by atoms with Crippen molar-refractivity contribution in [1.29, 1.82) is 0 Å². The van der Waals surface area contributed by atoms with E-state index in [0.717, 1.165) is 12.1 Å². The fourth-order valence-electron chi connectivity index (χ4n) is 1.44. The van der Waals surface area contributed by atoms with E-state index in [1.807, 2.05) is 13.8 Å². The van der Waals surface area contributed by atoms with Crippen LogP contribution in [0.3, 0.4) is 0 Å². The maximum atomic E-state index is 12.2. The summed E-state index contributed by atoms with van der Waals surface area (Å²) in [6, 6.07) is 4.64. The van der Waals surface area contributed by atoms with Crippen LogP contribution in [0, 0.1) is 5.92 Å². The topological polar surface area (TPSA) is 55.4 Å². The number of alkyl halides is 3. The fraction of sp³-hybridized carbons (Fsp3) is 0.500. The van der Waals surface area contributed by atoms with Gasteiger partial charge in [-0.2, -0.15) is 0 Å². The van der Waals surface area contributed by atoms with E-state index in [-0.39, 0.29) is 12.5 Å². The molecule has 0 aliphatic carbocycles. The summed E-state index contributed by atoms with van der Waals surface area (Å²) in [5, 5.41) is 0. The lowest BCUT2D eigenvalue weighted by Gasteiger charge is -2.14. The van der Waals surface area contributed by atoms with Crippen LogP contribution < -0.4 is 9.46 Å². The Kier molecular flexibility index (Phi) is 5.41. The molecule has 1 aromatic carbocycles. The molecular formula is C12H16F3NO3S. The van der Waals surface area contributed by atoms with E-state index in [9.17, 15) is 21.6 Å². The Morgan fingerprint density at radius 3 is 2.40 bits per heavy atom. The second-order valence-electron chi connectivity index (χ2n) is 4.57. The number of hydrogen-bond donors (Lipinski definition) is 1. The average Bonchev–Trinajstić information content (AvgIpc) is 2.26. The molecule has 0 saturated heterocycles. The van der Waals surface area contributed by atoms with E-state index in [1.54, 1.807) is 0 Å². The lowest BCUT2D eigenvalue weighted by molar-refractivity contribution is -0.275. The van der Waals surface area contributed by atoms with Crippen molar-refractivity contribution in [2.45, 2.75) is 31.5 Å². The molecule has 1 N–H and O–H groups in total. The Morgan fingerprint density at radius 2 is 1.85 bits per heavy atom. The van der Waals surface area contributed by atoms with E-state index in [1.165, 1.54) is 12.1 Å². The van der Waals surface area contributed by atoms with Crippen LogP contribution in [0.2, 0.25) is 0 Å². The molecule has 0 fully saturated rings. The van der Waals surface area contributed by atoms with Gasteiger partial charge in [0.15, 0.2) is 0 Å². The monoisotopic (exact) mass is 311 g/mol. The normalized spacial score (nSPS) is 12.7.